The monoisotopic (exact) mass is 184 g/mol. The van der Waals surface area contributed by atoms with Crippen molar-refractivity contribution >= 4 is 15.9 Å². The largest absolute Gasteiger partial charge is 0.388 e. The Morgan fingerprint density at radius 3 is 2.00 bits per heavy atom. The summed E-state index contributed by atoms with van der Waals surface area (Å²) in [5.41, 5.74) is 0. The number of hydrogen-bond donors (Lipinski definition) is 3. The molecule has 0 aromatic heterocycles. The summed E-state index contributed by atoms with van der Waals surface area (Å²) in [6.07, 6.45) is -1.12. The van der Waals surface area contributed by atoms with Crippen LogP contribution in [0.2, 0.25) is 0 Å². The molecular weight excluding hydrogens is 176 g/mol. The van der Waals surface area contributed by atoms with Gasteiger partial charge in [-0.25, -0.2) is 0 Å². The van der Waals surface area contributed by atoms with Gasteiger partial charge in [0.2, 0.25) is 0 Å². The van der Waals surface area contributed by atoms with Gasteiger partial charge in [-0.3, -0.25) is 0 Å². The lowest BCUT2D eigenvalue weighted by atomic mass is 10.2. The van der Waals surface area contributed by atoms with E-state index in [0.29, 0.717) is 0 Å². The van der Waals surface area contributed by atoms with Crippen LogP contribution in [0.25, 0.3) is 0 Å². The molecule has 0 aliphatic rings. The van der Waals surface area contributed by atoms with Crippen LogP contribution in [0.15, 0.2) is 0 Å². The Morgan fingerprint density at radius 1 is 1.62 bits per heavy atom. The van der Waals surface area contributed by atoms with E-state index in [1.807, 2.05) is 0 Å². The summed E-state index contributed by atoms with van der Waals surface area (Å²) in [4.78, 5) is 0. The van der Waals surface area contributed by atoms with E-state index >= 15 is 0 Å². The molecule has 0 heterocycles. The average molecular weight is 185 g/mol. The fourth-order valence-corrected chi connectivity index (χ4v) is 0.580. The zero-order valence-electron chi connectivity index (χ0n) is 4.50. The lowest BCUT2D eigenvalue weighted by Crippen LogP contribution is -2.41. The van der Waals surface area contributed by atoms with E-state index in [-0.39, 0.29) is 5.33 Å². The van der Waals surface area contributed by atoms with Crippen LogP contribution in [-0.2, 0) is 0 Å². The third kappa shape index (κ3) is 2.09. The first-order valence-corrected chi connectivity index (χ1v) is 3.31. The number of aliphatic hydroxyl groups excluding tert-OH is 1. The first-order chi connectivity index (χ1) is 3.50. The van der Waals surface area contributed by atoms with Gasteiger partial charge in [-0.1, -0.05) is 15.9 Å². The second-order valence-electron chi connectivity index (χ2n) is 1.69. The van der Waals surface area contributed by atoms with Gasteiger partial charge in [0.25, 0.3) is 0 Å². The van der Waals surface area contributed by atoms with E-state index in [1.165, 1.54) is 6.92 Å². The molecule has 4 heteroatoms. The lowest BCUT2D eigenvalue weighted by molar-refractivity contribution is -0.200. The normalized spacial score (nSPS) is 16.1. The average Bonchev–Trinajstić information content (AvgIpc) is 1.67. The molecule has 3 N–H and O–H groups in total. The fraction of sp³-hybridized carbons (Fsp3) is 1.00. The van der Waals surface area contributed by atoms with E-state index in [1.54, 1.807) is 0 Å². The molecule has 1 unspecified atom stereocenters. The van der Waals surface area contributed by atoms with Gasteiger partial charge in [0, 0.05) is 0 Å². The summed E-state index contributed by atoms with van der Waals surface area (Å²) in [6.45, 7) is 1.31. The van der Waals surface area contributed by atoms with Crippen molar-refractivity contribution in [3.63, 3.8) is 0 Å². The van der Waals surface area contributed by atoms with Crippen molar-refractivity contribution in [3.05, 3.63) is 0 Å². The molecule has 0 spiro atoms. The van der Waals surface area contributed by atoms with Gasteiger partial charge in [-0.2, -0.15) is 0 Å². The van der Waals surface area contributed by atoms with Crippen molar-refractivity contribution in [2.45, 2.75) is 18.8 Å². The molecule has 0 aromatic carbocycles. The molecule has 0 amide bonds. The quantitative estimate of drug-likeness (QED) is 0.399. The number of alkyl halides is 1. The second-order valence-corrected chi connectivity index (χ2v) is 2.25. The van der Waals surface area contributed by atoms with Crippen molar-refractivity contribution in [2.75, 3.05) is 5.33 Å². The summed E-state index contributed by atoms with van der Waals surface area (Å²) in [5.74, 6) is -1.99. The molecule has 0 saturated carbocycles. The number of halogens is 1. The van der Waals surface area contributed by atoms with Gasteiger partial charge >= 0.3 is 0 Å². The number of hydrogen-bond acceptors (Lipinski definition) is 3. The van der Waals surface area contributed by atoms with Crippen molar-refractivity contribution in [1.29, 1.82) is 0 Å². The first-order valence-electron chi connectivity index (χ1n) is 2.19. The smallest absolute Gasteiger partial charge is 0.199 e. The van der Waals surface area contributed by atoms with Gasteiger partial charge in [0.1, 0.15) is 6.10 Å². The predicted octanol–water partition coefficient (Wildman–Crippen LogP) is -0.557. The SMILES string of the molecule is CC(O)C(O)(O)CBr. The molecule has 0 rings (SSSR count). The van der Waals surface area contributed by atoms with Gasteiger partial charge < -0.3 is 15.3 Å². The van der Waals surface area contributed by atoms with E-state index < -0.39 is 11.9 Å². The highest BCUT2D eigenvalue weighted by atomic mass is 79.9. The van der Waals surface area contributed by atoms with Crippen molar-refractivity contribution in [2.24, 2.45) is 0 Å². The summed E-state index contributed by atoms with van der Waals surface area (Å²) >= 11 is 2.81. The highest BCUT2D eigenvalue weighted by Gasteiger charge is 2.27. The molecular formula is C4H9BrO3. The van der Waals surface area contributed by atoms with Crippen molar-refractivity contribution in [3.8, 4) is 0 Å². The molecule has 3 nitrogen and oxygen atoms in total. The Labute approximate surface area is 56.1 Å². The Kier molecular flexibility index (Phi) is 2.90. The van der Waals surface area contributed by atoms with E-state index in [0.717, 1.165) is 0 Å². The molecule has 0 aliphatic carbocycles. The topological polar surface area (TPSA) is 60.7 Å². The van der Waals surface area contributed by atoms with Crippen LogP contribution in [0.4, 0.5) is 0 Å². The lowest BCUT2D eigenvalue weighted by Gasteiger charge is -2.21. The number of rotatable bonds is 2. The van der Waals surface area contributed by atoms with Crippen LogP contribution in [0.5, 0.6) is 0 Å². The predicted molar refractivity (Wildman–Crippen MR) is 32.6 cm³/mol. The minimum Gasteiger partial charge on any atom is -0.388 e. The summed E-state index contributed by atoms with van der Waals surface area (Å²) in [5, 5.41) is 25.8. The molecule has 0 bridgehead atoms. The number of aliphatic hydroxyl groups is 3. The second kappa shape index (κ2) is 2.77. The Bertz CT molecular complexity index is 71.7. The van der Waals surface area contributed by atoms with Crippen LogP contribution in [0, 0.1) is 0 Å². The molecule has 0 aromatic rings. The summed E-state index contributed by atoms with van der Waals surface area (Å²) < 4.78 is 0. The van der Waals surface area contributed by atoms with Crippen LogP contribution in [-0.4, -0.2) is 32.5 Å². The van der Waals surface area contributed by atoms with Crippen LogP contribution in [0.1, 0.15) is 6.92 Å². The highest BCUT2D eigenvalue weighted by Crippen LogP contribution is 2.08. The Hall–Kier alpha value is 0.360. The van der Waals surface area contributed by atoms with E-state index in [4.69, 9.17) is 15.3 Å². The molecule has 0 radical (unpaired) electrons. The van der Waals surface area contributed by atoms with Crippen LogP contribution in [0.3, 0.4) is 0 Å². The maximum absolute atomic E-state index is 8.66. The minimum absolute atomic E-state index is 0.0440. The maximum atomic E-state index is 8.66. The Balaban J connectivity index is 3.71. The van der Waals surface area contributed by atoms with Crippen LogP contribution >= 0.6 is 15.9 Å². The molecule has 50 valence electrons. The van der Waals surface area contributed by atoms with Gasteiger partial charge in [0.05, 0.1) is 5.33 Å². The zero-order valence-corrected chi connectivity index (χ0v) is 6.09. The molecule has 1 atom stereocenters. The molecule has 0 saturated heterocycles. The zero-order chi connectivity index (χ0) is 6.78. The van der Waals surface area contributed by atoms with E-state index in [9.17, 15) is 0 Å². The van der Waals surface area contributed by atoms with Crippen molar-refractivity contribution in [1.82, 2.24) is 0 Å². The summed E-state index contributed by atoms with van der Waals surface area (Å²) in [7, 11) is 0. The van der Waals surface area contributed by atoms with Gasteiger partial charge in [0.15, 0.2) is 5.79 Å². The van der Waals surface area contributed by atoms with Gasteiger partial charge in [-0.15, -0.1) is 0 Å². The molecule has 0 fully saturated rings. The standard InChI is InChI=1S/C4H9BrO3/c1-3(6)4(7,8)2-5/h3,6-8H,2H2,1H3. The van der Waals surface area contributed by atoms with Gasteiger partial charge in [-0.05, 0) is 6.92 Å². The minimum atomic E-state index is -1.99. The van der Waals surface area contributed by atoms with Crippen molar-refractivity contribution < 1.29 is 15.3 Å². The first kappa shape index (κ1) is 8.36. The Morgan fingerprint density at radius 2 is 2.00 bits per heavy atom. The molecule has 8 heavy (non-hydrogen) atoms. The third-order valence-corrected chi connectivity index (χ3v) is 1.69. The highest BCUT2D eigenvalue weighted by molar-refractivity contribution is 9.09. The van der Waals surface area contributed by atoms with E-state index in [2.05, 4.69) is 15.9 Å². The van der Waals surface area contributed by atoms with Crippen LogP contribution < -0.4 is 0 Å². The summed E-state index contributed by atoms with van der Waals surface area (Å²) in [6, 6.07) is 0. The molecule has 0 aliphatic heterocycles. The maximum Gasteiger partial charge on any atom is 0.199 e. The fourth-order valence-electron chi connectivity index (χ4n) is 0.112. The third-order valence-electron chi connectivity index (χ3n) is 0.866.